The Labute approximate surface area is 202 Å². The van der Waals surface area contributed by atoms with Crippen molar-refractivity contribution in [3.63, 3.8) is 0 Å². The van der Waals surface area contributed by atoms with Gasteiger partial charge in [-0.1, -0.05) is 89.4 Å². The van der Waals surface area contributed by atoms with Crippen LogP contribution in [0.3, 0.4) is 0 Å². The average molecular weight is 446 g/mol. The van der Waals surface area contributed by atoms with Gasteiger partial charge in [0.2, 0.25) is 0 Å². The van der Waals surface area contributed by atoms with Crippen molar-refractivity contribution in [2.45, 2.75) is 53.9 Å². The first-order valence-electron chi connectivity index (χ1n) is 11.9. The molecule has 0 fully saturated rings. The van der Waals surface area contributed by atoms with Crippen LogP contribution in [0.1, 0.15) is 51.7 Å². The molecule has 3 heteroatoms. The van der Waals surface area contributed by atoms with E-state index in [1.807, 2.05) is 0 Å². The maximum absolute atomic E-state index is 4.37. The Bertz CT molecular complexity index is 949. The highest BCUT2D eigenvalue weighted by Gasteiger charge is 2.12. The van der Waals surface area contributed by atoms with Crippen LogP contribution >= 0.6 is 0 Å². The number of rotatable bonds is 13. The van der Waals surface area contributed by atoms with Crippen molar-refractivity contribution >= 4 is 11.4 Å². The molecule has 0 aliphatic rings. The number of aryl methyl sites for hydroxylation is 1. The normalized spacial score (nSPS) is 12.0. The van der Waals surface area contributed by atoms with Crippen LogP contribution in [-0.4, -0.2) is 13.1 Å². The fourth-order valence-corrected chi connectivity index (χ4v) is 3.88. The third-order valence-electron chi connectivity index (χ3n) is 5.51. The molecule has 2 rings (SSSR count). The first-order chi connectivity index (χ1) is 15.5. The van der Waals surface area contributed by atoms with Crippen LogP contribution < -0.4 is 16.0 Å². The molecule has 3 nitrogen and oxygen atoms in total. The number of hydrogen-bond donors (Lipinski definition) is 3. The first-order valence-corrected chi connectivity index (χ1v) is 11.9. The Hall–Kier alpha value is -2.94. The van der Waals surface area contributed by atoms with Crippen molar-refractivity contribution < 1.29 is 0 Å². The van der Waals surface area contributed by atoms with E-state index in [1.165, 1.54) is 16.7 Å². The molecule has 0 spiro atoms. The standard InChI is InChI=1S/C30H43N3/c1-22(17-23(2)20-31-26(5)21-32-25(4)19-30(6,7)8)18-27-14-10-12-16-29(27)33-28-15-11-9-13-24(28)3/h9-16,23,31-33H,1,4-5,17-21H2,2-3,6-8H3. The van der Waals surface area contributed by atoms with Gasteiger partial charge in [0.15, 0.2) is 0 Å². The minimum absolute atomic E-state index is 0.238. The molecule has 0 aromatic heterocycles. The second-order valence-corrected chi connectivity index (χ2v) is 10.5. The van der Waals surface area contributed by atoms with Gasteiger partial charge in [-0.2, -0.15) is 0 Å². The molecule has 1 atom stereocenters. The van der Waals surface area contributed by atoms with Crippen molar-refractivity contribution in [2.75, 3.05) is 18.4 Å². The highest BCUT2D eigenvalue weighted by Crippen LogP contribution is 2.26. The van der Waals surface area contributed by atoms with Crippen LogP contribution in [-0.2, 0) is 6.42 Å². The maximum Gasteiger partial charge on any atom is 0.0538 e. The molecule has 3 N–H and O–H groups in total. The maximum atomic E-state index is 4.37. The Kier molecular flexibility index (Phi) is 9.84. The van der Waals surface area contributed by atoms with Crippen LogP contribution in [0.4, 0.5) is 11.4 Å². The summed E-state index contributed by atoms with van der Waals surface area (Å²) in [6, 6.07) is 16.9. The predicted octanol–water partition coefficient (Wildman–Crippen LogP) is 7.51. The molecule has 0 aliphatic heterocycles. The summed E-state index contributed by atoms with van der Waals surface area (Å²) in [4.78, 5) is 0. The molecule has 1 unspecified atom stereocenters. The van der Waals surface area contributed by atoms with E-state index < -0.39 is 0 Å². The SMILES string of the molecule is C=C(Cc1ccccc1Nc1ccccc1C)CC(C)CNC(=C)CNC(=C)CC(C)(C)C. The summed E-state index contributed by atoms with van der Waals surface area (Å²) in [7, 11) is 0. The van der Waals surface area contributed by atoms with Crippen LogP contribution in [0, 0.1) is 18.3 Å². The molecule has 178 valence electrons. The number of allylic oxidation sites excluding steroid dienone is 2. The molecule has 0 radical (unpaired) electrons. The van der Waals surface area contributed by atoms with Crippen LogP contribution in [0.25, 0.3) is 0 Å². The summed E-state index contributed by atoms with van der Waals surface area (Å²) in [5, 5.41) is 10.5. The number of hydrogen-bond acceptors (Lipinski definition) is 3. The lowest BCUT2D eigenvalue weighted by atomic mass is 9.91. The minimum Gasteiger partial charge on any atom is -0.387 e. The Balaban J connectivity index is 1.80. The van der Waals surface area contributed by atoms with Gasteiger partial charge in [-0.25, -0.2) is 0 Å². The van der Waals surface area contributed by atoms with Gasteiger partial charge in [0.05, 0.1) is 6.54 Å². The molecule has 0 saturated heterocycles. The second-order valence-electron chi connectivity index (χ2n) is 10.5. The minimum atomic E-state index is 0.238. The number of nitrogens with one attached hydrogen (secondary N) is 3. The lowest BCUT2D eigenvalue weighted by Gasteiger charge is -2.22. The van der Waals surface area contributed by atoms with E-state index in [9.17, 15) is 0 Å². The summed E-state index contributed by atoms with van der Waals surface area (Å²) in [5.41, 5.74) is 8.34. The van der Waals surface area contributed by atoms with E-state index in [1.54, 1.807) is 0 Å². The van der Waals surface area contributed by atoms with Crippen molar-refractivity contribution in [3.05, 3.63) is 96.4 Å². The van der Waals surface area contributed by atoms with Gasteiger partial charge in [0.25, 0.3) is 0 Å². The van der Waals surface area contributed by atoms with E-state index in [4.69, 9.17) is 0 Å². The van der Waals surface area contributed by atoms with Crippen LogP contribution in [0.2, 0.25) is 0 Å². The molecule has 33 heavy (non-hydrogen) atoms. The highest BCUT2D eigenvalue weighted by atomic mass is 15.0. The number of anilines is 2. The summed E-state index contributed by atoms with van der Waals surface area (Å²) in [6.45, 7) is 25.3. The van der Waals surface area contributed by atoms with E-state index in [0.29, 0.717) is 12.5 Å². The second kappa shape index (κ2) is 12.3. The lowest BCUT2D eigenvalue weighted by Crippen LogP contribution is -2.28. The van der Waals surface area contributed by atoms with E-state index in [0.717, 1.165) is 48.6 Å². The molecule has 2 aromatic rings. The smallest absolute Gasteiger partial charge is 0.0538 e. The van der Waals surface area contributed by atoms with Crippen molar-refractivity contribution in [3.8, 4) is 0 Å². The van der Waals surface area contributed by atoms with Gasteiger partial charge in [-0.15, -0.1) is 0 Å². The molecular weight excluding hydrogens is 402 g/mol. The Morgan fingerprint density at radius 3 is 2.18 bits per heavy atom. The molecule has 0 aliphatic carbocycles. The van der Waals surface area contributed by atoms with Crippen molar-refractivity contribution in [2.24, 2.45) is 11.3 Å². The largest absolute Gasteiger partial charge is 0.387 e. The fraction of sp³-hybridized carbons (Fsp3) is 0.400. The van der Waals surface area contributed by atoms with Gasteiger partial charge in [-0.3, -0.25) is 0 Å². The van der Waals surface area contributed by atoms with E-state index in [2.05, 4.69) is 119 Å². The topological polar surface area (TPSA) is 36.1 Å². The fourth-order valence-electron chi connectivity index (χ4n) is 3.88. The predicted molar refractivity (Wildman–Crippen MR) is 146 cm³/mol. The average Bonchev–Trinajstić information content (AvgIpc) is 2.72. The Morgan fingerprint density at radius 2 is 1.52 bits per heavy atom. The van der Waals surface area contributed by atoms with Gasteiger partial charge in [0.1, 0.15) is 0 Å². The van der Waals surface area contributed by atoms with Gasteiger partial charge in [0, 0.05) is 29.3 Å². The Morgan fingerprint density at radius 1 is 0.879 bits per heavy atom. The van der Waals surface area contributed by atoms with Crippen LogP contribution in [0.5, 0.6) is 0 Å². The molecule has 0 heterocycles. The molecule has 2 aromatic carbocycles. The summed E-state index contributed by atoms with van der Waals surface area (Å²) < 4.78 is 0. The summed E-state index contributed by atoms with van der Waals surface area (Å²) >= 11 is 0. The molecule has 0 amide bonds. The zero-order valence-corrected chi connectivity index (χ0v) is 21.4. The quantitative estimate of drug-likeness (QED) is 0.279. The summed E-state index contributed by atoms with van der Waals surface area (Å²) in [6.07, 6.45) is 2.80. The highest BCUT2D eigenvalue weighted by molar-refractivity contribution is 5.66. The third kappa shape index (κ3) is 10.0. The van der Waals surface area contributed by atoms with Gasteiger partial charge in [-0.05, 0) is 60.8 Å². The van der Waals surface area contributed by atoms with Gasteiger partial charge < -0.3 is 16.0 Å². The van der Waals surface area contributed by atoms with Crippen molar-refractivity contribution in [1.29, 1.82) is 0 Å². The molecule has 0 saturated carbocycles. The van der Waals surface area contributed by atoms with E-state index in [-0.39, 0.29) is 5.41 Å². The number of para-hydroxylation sites is 2. The van der Waals surface area contributed by atoms with Gasteiger partial charge >= 0.3 is 0 Å². The zero-order chi connectivity index (χ0) is 24.4. The van der Waals surface area contributed by atoms with E-state index >= 15 is 0 Å². The van der Waals surface area contributed by atoms with Crippen molar-refractivity contribution in [1.82, 2.24) is 10.6 Å². The van der Waals surface area contributed by atoms with Crippen LogP contribution in [0.15, 0.2) is 85.2 Å². The summed E-state index contributed by atoms with van der Waals surface area (Å²) in [5.74, 6) is 0.475. The molecular formula is C30H43N3. The number of benzene rings is 2. The monoisotopic (exact) mass is 445 g/mol. The first kappa shape index (κ1) is 26.3. The molecule has 0 bridgehead atoms. The third-order valence-corrected chi connectivity index (χ3v) is 5.51. The zero-order valence-electron chi connectivity index (χ0n) is 21.4. The lowest BCUT2D eigenvalue weighted by molar-refractivity contribution is 0.399.